The van der Waals surface area contributed by atoms with Crippen molar-refractivity contribution in [2.24, 2.45) is 0 Å². The summed E-state index contributed by atoms with van der Waals surface area (Å²) in [5.41, 5.74) is 0.785. The fraction of sp³-hybridized carbons (Fsp3) is 0.500. The smallest absolute Gasteiger partial charge is 0.342 e. The standard InChI is InChI=1S/C6H8O2/c1-3-5-4(2)6(7)8-5/h3H2,1-2H3. The van der Waals surface area contributed by atoms with Crippen LogP contribution in [-0.4, -0.2) is 5.97 Å². The van der Waals surface area contributed by atoms with E-state index in [-0.39, 0.29) is 5.97 Å². The van der Waals surface area contributed by atoms with E-state index >= 15 is 0 Å². The summed E-state index contributed by atoms with van der Waals surface area (Å²) in [4.78, 5) is 10.3. The van der Waals surface area contributed by atoms with Crippen molar-refractivity contribution in [1.82, 2.24) is 0 Å². The quantitative estimate of drug-likeness (QED) is 0.477. The van der Waals surface area contributed by atoms with Crippen molar-refractivity contribution < 1.29 is 9.53 Å². The summed E-state index contributed by atoms with van der Waals surface area (Å²) < 4.78 is 4.64. The van der Waals surface area contributed by atoms with Crippen molar-refractivity contribution >= 4 is 5.97 Å². The van der Waals surface area contributed by atoms with Crippen LogP contribution in [0.2, 0.25) is 0 Å². The number of cyclic esters (lactones) is 1. The highest BCUT2D eigenvalue weighted by Crippen LogP contribution is 2.21. The molecule has 0 radical (unpaired) electrons. The zero-order valence-electron chi connectivity index (χ0n) is 5.02. The van der Waals surface area contributed by atoms with E-state index in [2.05, 4.69) is 4.74 Å². The summed E-state index contributed by atoms with van der Waals surface area (Å²) in [6.45, 7) is 3.75. The van der Waals surface area contributed by atoms with Gasteiger partial charge in [0, 0.05) is 6.42 Å². The molecule has 1 aliphatic rings. The molecule has 0 unspecified atom stereocenters. The molecule has 0 bridgehead atoms. The summed E-state index contributed by atoms with van der Waals surface area (Å²) >= 11 is 0. The molecule has 0 fully saturated rings. The predicted molar refractivity (Wildman–Crippen MR) is 29.1 cm³/mol. The molecule has 0 N–H and O–H groups in total. The number of rotatable bonds is 1. The van der Waals surface area contributed by atoms with Gasteiger partial charge in [0.05, 0.1) is 5.57 Å². The highest BCUT2D eigenvalue weighted by molar-refractivity contribution is 5.94. The van der Waals surface area contributed by atoms with E-state index in [1.165, 1.54) is 0 Å². The lowest BCUT2D eigenvalue weighted by molar-refractivity contribution is -0.140. The number of carbonyl (C=O) groups is 1. The minimum Gasteiger partial charge on any atom is -0.427 e. The van der Waals surface area contributed by atoms with Gasteiger partial charge in [-0.15, -0.1) is 0 Å². The third kappa shape index (κ3) is 0.529. The van der Waals surface area contributed by atoms with Crippen LogP contribution in [0, 0.1) is 0 Å². The van der Waals surface area contributed by atoms with E-state index in [0.29, 0.717) is 0 Å². The summed E-state index contributed by atoms with van der Waals surface area (Å²) in [6.07, 6.45) is 0.831. The molecule has 0 saturated carbocycles. The zero-order valence-corrected chi connectivity index (χ0v) is 5.02. The van der Waals surface area contributed by atoms with E-state index in [1.54, 1.807) is 6.92 Å². The second kappa shape index (κ2) is 1.62. The Morgan fingerprint density at radius 1 is 1.62 bits per heavy atom. The molecular weight excluding hydrogens is 104 g/mol. The fourth-order valence-corrected chi connectivity index (χ4v) is 0.670. The molecule has 0 amide bonds. The van der Waals surface area contributed by atoms with Crippen LogP contribution in [0.4, 0.5) is 0 Å². The summed E-state index contributed by atoms with van der Waals surface area (Å²) in [7, 11) is 0. The zero-order chi connectivity index (χ0) is 6.15. The molecule has 0 spiro atoms. The van der Waals surface area contributed by atoms with Gasteiger partial charge in [0.2, 0.25) is 0 Å². The number of hydrogen-bond donors (Lipinski definition) is 0. The number of carbonyl (C=O) groups excluding carboxylic acids is 1. The predicted octanol–water partition coefficient (Wildman–Crippen LogP) is 1.23. The number of hydrogen-bond acceptors (Lipinski definition) is 2. The summed E-state index contributed by atoms with van der Waals surface area (Å²) in [5.74, 6) is 0.678. The molecule has 44 valence electrons. The first-order chi connectivity index (χ1) is 3.75. The minimum absolute atomic E-state index is 0.165. The second-order valence-electron chi connectivity index (χ2n) is 1.79. The van der Waals surface area contributed by atoms with Crippen LogP contribution >= 0.6 is 0 Å². The average molecular weight is 112 g/mol. The van der Waals surface area contributed by atoms with Crippen LogP contribution in [0.25, 0.3) is 0 Å². The Hall–Kier alpha value is -0.790. The maximum Gasteiger partial charge on any atom is 0.342 e. The number of allylic oxidation sites excluding steroid dienone is 1. The first-order valence-electron chi connectivity index (χ1n) is 2.67. The highest BCUT2D eigenvalue weighted by Gasteiger charge is 2.23. The first-order valence-corrected chi connectivity index (χ1v) is 2.67. The third-order valence-electron chi connectivity index (χ3n) is 1.26. The van der Waals surface area contributed by atoms with Crippen LogP contribution < -0.4 is 0 Å². The van der Waals surface area contributed by atoms with Gasteiger partial charge in [0.1, 0.15) is 5.76 Å². The van der Waals surface area contributed by atoms with Gasteiger partial charge in [0.25, 0.3) is 0 Å². The molecule has 0 atom stereocenters. The Morgan fingerprint density at radius 2 is 2.25 bits per heavy atom. The molecular formula is C6H8O2. The largest absolute Gasteiger partial charge is 0.427 e. The van der Waals surface area contributed by atoms with Crippen LogP contribution in [0.3, 0.4) is 0 Å². The molecule has 1 rings (SSSR count). The molecule has 0 saturated heterocycles. The molecule has 2 nitrogen and oxygen atoms in total. The van der Waals surface area contributed by atoms with Gasteiger partial charge < -0.3 is 4.74 Å². The van der Waals surface area contributed by atoms with Crippen LogP contribution in [0.5, 0.6) is 0 Å². The minimum atomic E-state index is -0.165. The topological polar surface area (TPSA) is 26.3 Å². The maximum atomic E-state index is 10.3. The third-order valence-corrected chi connectivity index (χ3v) is 1.26. The van der Waals surface area contributed by atoms with Gasteiger partial charge in [-0.2, -0.15) is 0 Å². The molecule has 0 aliphatic carbocycles. The normalized spacial score (nSPS) is 18.0. The van der Waals surface area contributed by atoms with Crippen molar-refractivity contribution in [1.29, 1.82) is 0 Å². The van der Waals surface area contributed by atoms with Crippen molar-refractivity contribution in [2.45, 2.75) is 20.3 Å². The van der Waals surface area contributed by atoms with Gasteiger partial charge in [-0.3, -0.25) is 0 Å². The molecule has 1 heterocycles. The Balaban J connectivity index is 2.72. The average Bonchev–Trinajstić information content (AvgIpc) is 1.81. The van der Waals surface area contributed by atoms with Crippen molar-refractivity contribution in [3.8, 4) is 0 Å². The maximum absolute atomic E-state index is 10.3. The van der Waals surface area contributed by atoms with E-state index in [9.17, 15) is 4.79 Å². The SMILES string of the molecule is CCC1=C(C)C(=O)O1. The first kappa shape index (κ1) is 5.35. The molecule has 0 aromatic heterocycles. The number of ether oxygens (including phenoxy) is 1. The lowest BCUT2D eigenvalue weighted by Gasteiger charge is -2.17. The summed E-state index contributed by atoms with van der Waals surface area (Å²) in [5, 5.41) is 0. The van der Waals surface area contributed by atoms with Crippen LogP contribution in [-0.2, 0) is 9.53 Å². The van der Waals surface area contributed by atoms with Gasteiger partial charge in [-0.25, -0.2) is 4.79 Å². The van der Waals surface area contributed by atoms with Crippen LogP contribution in [0.15, 0.2) is 11.3 Å². The Morgan fingerprint density at radius 3 is 2.38 bits per heavy atom. The summed E-state index contributed by atoms with van der Waals surface area (Å²) in [6, 6.07) is 0. The van der Waals surface area contributed by atoms with Crippen molar-refractivity contribution in [2.75, 3.05) is 0 Å². The van der Waals surface area contributed by atoms with Crippen molar-refractivity contribution in [3.63, 3.8) is 0 Å². The Labute approximate surface area is 48.1 Å². The second-order valence-corrected chi connectivity index (χ2v) is 1.79. The Bertz CT molecular complexity index is 156. The monoisotopic (exact) mass is 112 g/mol. The molecule has 2 heteroatoms. The molecule has 0 aromatic rings. The van der Waals surface area contributed by atoms with E-state index in [0.717, 1.165) is 17.8 Å². The van der Waals surface area contributed by atoms with Gasteiger partial charge >= 0.3 is 5.97 Å². The number of esters is 1. The van der Waals surface area contributed by atoms with E-state index in [4.69, 9.17) is 0 Å². The lowest BCUT2D eigenvalue weighted by atomic mass is 10.1. The molecule has 0 aromatic carbocycles. The van der Waals surface area contributed by atoms with E-state index in [1.807, 2.05) is 6.92 Å². The molecule has 1 aliphatic heterocycles. The lowest BCUT2D eigenvalue weighted by Crippen LogP contribution is -2.18. The molecule has 8 heavy (non-hydrogen) atoms. The van der Waals surface area contributed by atoms with Crippen molar-refractivity contribution in [3.05, 3.63) is 11.3 Å². The highest BCUT2D eigenvalue weighted by atomic mass is 16.6. The van der Waals surface area contributed by atoms with Gasteiger partial charge in [-0.05, 0) is 6.92 Å². The fourth-order valence-electron chi connectivity index (χ4n) is 0.670. The van der Waals surface area contributed by atoms with Gasteiger partial charge in [0.15, 0.2) is 0 Å². The van der Waals surface area contributed by atoms with Gasteiger partial charge in [-0.1, -0.05) is 6.92 Å². The Kier molecular flexibility index (Phi) is 1.08. The van der Waals surface area contributed by atoms with Crippen LogP contribution in [0.1, 0.15) is 20.3 Å². The van der Waals surface area contributed by atoms with E-state index < -0.39 is 0 Å².